The van der Waals surface area contributed by atoms with Gasteiger partial charge >= 0.3 is 6.01 Å². The zero-order valence-electron chi connectivity index (χ0n) is 16.7. The second kappa shape index (κ2) is 11.2. The number of imidazole rings is 1. The highest BCUT2D eigenvalue weighted by Gasteiger charge is 2.17. The highest BCUT2D eigenvalue weighted by atomic mass is 35.5. The number of halogens is 2. The lowest BCUT2D eigenvalue weighted by molar-refractivity contribution is 0.134. The highest BCUT2D eigenvalue weighted by Crippen LogP contribution is 2.33. The second-order valence-corrected chi connectivity index (χ2v) is 7.04. The predicted octanol–water partition coefficient (Wildman–Crippen LogP) is 6.00. The molecule has 0 radical (unpaired) electrons. The molecule has 2 aromatic heterocycles. The Kier molecular flexibility index (Phi) is 8.96. The Morgan fingerprint density at radius 3 is 2.32 bits per heavy atom. The van der Waals surface area contributed by atoms with E-state index in [0.29, 0.717) is 39.2 Å². The van der Waals surface area contributed by atoms with Gasteiger partial charge in [0.2, 0.25) is 0 Å². The van der Waals surface area contributed by atoms with Crippen LogP contribution in [0.15, 0.2) is 24.5 Å². The summed E-state index contributed by atoms with van der Waals surface area (Å²) in [5.74, 6) is 0. The Bertz CT molecular complexity index is 895. The third-order valence-corrected chi connectivity index (χ3v) is 4.59. The van der Waals surface area contributed by atoms with Crippen molar-refractivity contribution in [3.63, 3.8) is 0 Å². The van der Waals surface area contributed by atoms with Crippen molar-refractivity contribution in [2.75, 3.05) is 14.2 Å². The molecule has 0 spiro atoms. The molecule has 28 heavy (non-hydrogen) atoms. The first-order valence-electron chi connectivity index (χ1n) is 9.26. The average Bonchev–Trinajstić information content (AvgIpc) is 3.09. The number of hydrogen-bond donors (Lipinski definition) is 0. The molecule has 0 aliphatic rings. The molecule has 0 fully saturated rings. The molecular weight excluding hydrogens is 399 g/mol. The summed E-state index contributed by atoms with van der Waals surface area (Å²) < 4.78 is 12.1. The first kappa shape index (κ1) is 22.4. The van der Waals surface area contributed by atoms with E-state index < -0.39 is 0 Å². The van der Waals surface area contributed by atoms with Crippen molar-refractivity contribution < 1.29 is 9.47 Å². The topological polar surface area (TPSA) is 62.1 Å². The van der Waals surface area contributed by atoms with Gasteiger partial charge in [0.05, 0.1) is 18.5 Å². The fraction of sp³-hybridized carbons (Fsp3) is 0.450. The molecule has 8 heteroatoms. The van der Waals surface area contributed by atoms with Crippen LogP contribution in [-0.4, -0.2) is 33.7 Å². The molecule has 2 heterocycles. The molecular formula is C20H26Cl2N4O2. The second-order valence-electron chi connectivity index (χ2n) is 6.19. The number of benzene rings is 1. The minimum absolute atomic E-state index is 0.228. The van der Waals surface area contributed by atoms with Gasteiger partial charge < -0.3 is 9.47 Å². The van der Waals surface area contributed by atoms with E-state index in [-0.39, 0.29) is 6.01 Å². The lowest BCUT2D eigenvalue weighted by atomic mass is 10.1. The van der Waals surface area contributed by atoms with Crippen LogP contribution in [0.1, 0.15) is 39.5 Å². The van der Waals surface area contributed by atoms with Crippen molar-refractivity contribution in [3.05, 3.63) is 34.6 Å². The van der Waals surface area contributed by atoms with Crippen LogP contribution in [0.5, 0.6) is 6.01 Å². The molecule has 3 rings (SSSR count). The highest BCUT2D eigenvalue weighted by molar-refractivity contribution is 6.36. The molecule has 0 aliphatic heterocycles. The van der Waals surface area contributed by atoms with Gasteiger partial charge in [-0.05, 0) is 18.2 Å². The Balaban J connectivity index is 0.000000409. The summed E-state index contributed by atoms with van der Waals surface area (Å²) in [5.41, 5.74) is 2.51. The van der Waals surface area contributed by atoms with Gasteiger partial charge in [-0.15, -0.1) is 0 Å². The molecule has 0 saturated heterocycles. The molecule has 0 unspecified atom stereocenters. The van der Waals surface area contributed by atoms with Crippen LogP contribution in [0, 0.1) is 0 Å². The van der Waals surface area contributed by atoms with Crippen LogP contribution in [0.3, 0.4) is 0 Å². The number of rotatable bonds is 7. The first-order valence-corrected chi connectivity index (χ1v) is 10.0. The van der Waals surface area contributed by atoms with E-state index in [9.17, 15) is 0 Å². The largest absolute Gasteiger partial charge is 0.467 e. The lowest BCUT2D eigenvalue weighted by Gasteiger charge is -2.08. The van der Waals surface area contributed by atoms with E-state index in [1.807, 2.05) is 0 Å². The van der Waals surface area contributed by atoms with Crippen molar-refractivity contribution in [1.29, 1.82) is 0 Å². The molecule has 0 atom stereocenters. The van der Waals surface area contributed by atoms with E-state index in [1.165, 1.54) is 32.8 Å². The van der Waals surface area contributed by atoms with Crippen LogP contribution in [0.2, 0.25) is 10.0 Å². The Morgan fingerprint density at radius 2 is 1.75 bits per heavy atom. The summed E-state index contributed by atoms with van der Waals surface area (Å²) in [4.78, 5) is 13.1. The maximum absolute atomic E-state index is 6.28. The number of ether oxygens (including phenoxy) is 2. The minimum Gasteiger partial charge on any atom is -0.467 e. The Morgan fingerprint density at radius 1 is 1.04 bits per heavy atom. The van der Waals surface area contributed by atoms with Gasteiger partial charge in [0.25, 0.3) is 0 Å². The third kappa shape index (κ3) is 5.56. The smallest absolute Gasteiger partial charge is 0.318 e. The van der Waals surface area contributed by atoms with Gasteiger partial charge in [0.1, 0.15) is 17.9 Å². The van der Waals surface area contributed by atoms with E-state index in [0.717, 1.165) is 0 Å². The predicted molar refractivity (Wildman–Crippen MR) is 114 cm³/mol. The number of methoxy groups -OCH3 is 2. The first-order chi connectivity index (χ1) is 13.5. The number of hydrogen-bond acceptors (Lipinski definition) is 5. The maximum atomic E-state index is 6.28. The average molecular weight is 425 g/mol. The molecule has 0 N–H and O–H groups in total. The molecule has 3 aromatic rings. The molecule has 0 bridgehead atoms. The minimum atomic E-state index is 0.228. The SMILES string of the molecule is CCCCCC.COCn1cnc2c(-c3ccc(Cl)cc3Cl)nc(OC)nc21. The van der Waals surface area contributed by atoms with Gasteiger partial charge in [-0.2, -0.15) is 9.97 Å². The Labute approximate surface area is 175 Å². The summed E-state index contributed by atoms with van der Waals surface area (Å²) in [6, 6.07) is 5.42. The molecule has 0 saturated carbocycles. The summed E-state index contributed by atoms with van der Waals surface area (Å²) >= 11 is 12.2. The number of unbranched alkanes of at least 4 members (excludes halogenated alkanes) is 3. The van der Waals surface area contributed by atoms with Crippen molar-refractivity contribution in [2.24, 2.45) is 0 Å². The van der Waals surface area contributed by atoms with Gasteiger partial charge in [0, 0.05) is 17.7 Å². The van der Waals surface area contributed by atoms with Gasteiger partial charge in [-0.3, -0.25) is 4.57 Å². The van der Waals surface area contributed by atoms with E-state index >= 15 is 0 Å². The molecule has 152 valence electrons. The number of fused-ring (bicyclic) bond motifs is 1. The van der Waals surface area contributed by atoms with Crippen LogP contribution < -0.4 is 4.74 Å². The standard InChI is InChI=1S/C14H12Cl2N4O2.C6H14/c1-21-7-20-6-17-12-11(18-14(22-2)19-13(12)20)9-4-3-8(15)5-10(9)16;1-3-5-6-4-2/h3-6H,7H2,1-2H3;3-6H2,1-2H3. The quantitative estimate of drug-likeness (QED) is 0.435. The van der Waals surface area contributed by atoms with Gasteiger partial charge in [-0.25, -0.2) is 4.98 Å². The summed E-state index contributed by atoms with van der Waals surface area (Å²) in [5, 5.41) is 1.03. The van der Waals surface area contributed by atoms with E-state index in [2.05, 4.69) is 28.8 Å². The Hall–Kier alpha value is -1.89. The lowest BCUT2D eigenvalue weighted by Crippen LogP contribution is -2.02. The zero-order valence-corrected chi connectivity index (χ0v) is 18.2. The van der Waals surface area contributed by atoms with Crippen molar-refractivity contribution in [1.82, 2.24) is 19.5 Å². The monoisotopic (exact) mass is 424 g/mol. The van der Waals surface area contributed by atoms with Crippen molar-refractivity contribution >= 4 is 34.4 Å². The van der Waals surface area contributed by atoms with Gasteiger partial charge in [0.15, 0.2) is 5.65 Å². The molecule has 0 aliphatic carbocycles. The van der Waals surface area contributed by atoms with Gasteiger partial charge in [-0.1, -0.05) is 62.7 Å². The number of aromatic nitrogens is 4. The molecule has 0 amide bonds. The van der Waals surface area contributed by atoms with Crippen LogP contribution >= 0.6 is 23.2 Å². The fourth-order valence-electron chi connectivity index (χ4n) is 2.62. The summed E-state index contributed by atoms with van der Waals surface area (Å²) in [6.45, 7) is 4.79. The third-order valence-electron chi connectivity index (χ3n) is 4.04. The van der Waals surface area contributed by atoms with E-state index in [1.54, 1.807) is 36.2 Å². The van der Waals surface area contributed by atoms with Crippen LogP contribution in [-0.2, 0) is 11.5 Å². The van der Waals surface area contributed by atoms with Crippen LogP contribution in [0.25, 0.3) is 22.4 Å². The molecule has 6 nitrogen and oxygen atoms in total. The number of nitrogens with zero attached hydrogens (tertiary/aromatic N) is 4. The van der Waals surface area contributed by atoms with Crippen molar-refractivity contribution in [2.45, 2.75) is 46.3 Å². The summed E-state index contributed by atoms with van der Waals surface area (Å²) in [6.07, 6.45) is 7.17. The zero-order chi connectivity index (χ0) is 20.5. The van der Waals surface area contributed by atoms with Crippen molar-refractivity contribution in [3.8, 4) is 17.3 Å². The normalized spacial score (nSPS) is 10.6. The summed E-state index contributed by atoms with van der Waals surface area (Å²) in [7, 11) is 3.10. The fourth-order valence-corrected chi connectivity index (χ4v) is 3.12. The molecule has 1 aromatic carbocycles. The van der Waals surface area contributed by atoms with Crippen LogP contribution in [0.4, 0.5) is 0 Å². The maximum Gasteiger partial charge on any atom is 0.318 e. The van der Waals surface area contributed by atoms with E-state index in [4.69, 9.17) is 32.7 Å².